The van der Waals surface area contributed by atoms with Gasteiger partial charge in [-0.05, 0) is 183 Å². The summed E-state index contributed by atoms with van der Waals surface area (Å²) in [6.07, 6.45) is 18.5. The number of phenolic OH excluding ortho intramolecular Hbond substituents is 2. The first kappa shape index (κ1) is 29.1. The number of hydrogen-bond donors (Lipinski definition) is 4. The molecule has 0 saturated heterocycles. The molecular formula is C40H52O4. The van der Waals surface area contributed by atoms with E-state index in [0.717, 1.165) is 77.0 Å². The molecule has 0 spiro atoms. The molecule has 0 bridgehead atoms. The number of hydrogen-bond acceptors (Lipinski definition) is 4. The van der Waals surface area contributed by atoms with Crippen LogP contribution in [-0.2, 0) is 12.8 Å². The molecule has 2 aromatic carbocycles. The standard InChI is InChI=1S/C40H52O4/c1-37-19-13-31-29-11-7-27(41)23-25(29)5-9-33(31)35(37)15-21-39(37,43)17-3-4-18-40(44)22-16-36-34-10-6-26-24-28(42)8-12-30(26)32(34)14-20-38(36,40)2/h3-4,7-8,11-12,23-24,31-36,41-44H,5-6,9-10,13-22H2,1-2H3/b4-3+/t31?,32?,33?,34?,35?,36?,37-,38-,39-,40-/m0/s1. The first-order valence-corrected chi connectivity index (χ1v) is 17.8. The lowest BCUT2D eigenvalue weighted by atomic mass is 9.52. The molecule has 0 radical (unpaired) electrons. The zero-order valence-electron chi connectivity index (χ0n) is 26.8. The highest BCUT2D eigenvalue weighted by molar-refractivity contribution is 5.41. The van der Waals surface area contributed by atoms with Gasteiger partial charge in [-0.1, -0.05) is 38.1 Å². The molecule has 0 aromatic heterocycles. The topological polar surface area (TPSA) is 80.9 Å². The summed E-state index contributed by atoms with van der Waals surface area (Å²) in [4.78, 5) is 0. The number of fused-ring (bicyclic) bond motifs is 10. The molecule has 0 heterocycles. The Hall–Kier alpha value is -2.30. The van der Waals surface area contributed by atoms with Crippen LogP contribution in [0.2, 0.25) is 0 Å². The van der Waals surface area contributed by atoms with Crippen molar-refractivity contribution in [2.24, 2.45) is 34.5 Å². The maximum Gasteiger partial charge on any atom is 0.115 e. The van der Waals surface area contributed by atoms with Crippen LogP contribution in [0, 0.1) is 34.5 Å². The quantitative estimate of drug-likeness (QED) is 0.268. The molecule has 4 nitrogen and oxygen atoms in total. The van der Waals surface area contributed by atoms with Crippen LogP contribution in [-0.4, -0.2) is 31.6 Å². The van der Waals surface area contributed by atoms with Gasteiger partial charge >= 0.3 is 0 Å². The Morgan fingerprint density at radius 3 is 1.48 bits per heavy atom. The van der Waals surface area contributed by atoms with Crippen LogP contribution < -0.4 is 0 Å². The summed E-state index contributed by atoms with van der Waals surface area (Å²) in [6.45, 7) is 4.75. The highest BCUT2D eigenvalue weighted by Crippen LogP contribution is 2.67. The molecule has 236 valence electrons. The van der Waals surface area contributed by atoms with Crippen molar-refractivity contribution in [3.05, 3.63) is 70.8 Å². The number of aryl methyl sites for hydroxylation is 2. The van der Waals surface area contributed by atoms with Crippen molar-refractivity contribution in [1.82, 2.24) is 0 Å². The first-order chi connectivity index (χ1) is 21.1. The van der Waals surface area contributed by atoms with Gasteiger partial charge in [0.1, 0.15) is 11.5 Å². The van der Waals surface area contributed by atoms with Crippen LogP contribution in [0.3, 0.4) is 0 Å². The van der Waals surface area contributed by atoms with Crippen molar-refractivity contribution in [3.8, 4) is 11.5 Å². The van der Waals surface area contributed by atoms with Gasteiger partial charge in [0.25, 0.3) is 0 Å². The number of aromatic hydroxyl groups is 2. The molecule has 8 rings (SSSR count). The number of benzene rings is 2. The van der Waals surface area contributed by atoms with E-state index in [0.29, 0.717) is 59.8 Å². The summed E-state index contributed by atoms with van der Waals surface area (Å²) >= 11 is 0. The summed E-state index contributed by atoms with van der Waals surface area (Å²) in [6, 6.07) is 12.0. The molecule has 6 unspecified atom stereocenters. The van der Waals surface area contributed by atoms with E-state index in [1.807, 2.05) is 24.3 Å². The predicted octanol–water partition coefficient (Wildman–Crippen LogP) is 8.31. The molecule has 4 saturated carbocycles. The fourth-order valence-electron chi connectivity index (χ4n) is 12.6. The van der Waals surface area contributed by atoms with E-state index >= 15 is 0 Å². The van der Waals surface area contributed by atoms with E-state index in [1.54, 1.807) is 0 Å². The third-order valence-electron chi connectivity index (χ3n) is 15.1. The second-order valence-corrected chi connectivity index (χ2v) is 16.5. The Kier molecular flexibility index (Phi) is 6.68. The minimum atomic E-state index is -0.679. The van der Waals surface area contributed by atoms with Gasteiger partial charge in [-0.15, -0.1) is 0 Å². The van der Waals surface area contributed by atoms with Crippen LogP contribution in [0.15, 0.2) is 48.6 Å². The minimum Gasteiger partial charge on any atom is -0.508 e. The van der Waals surface area contributed by atoms with Crippen LogP contribution >= 0.6 is 0 Å². The molecule has 6 aliphatic rings. The monoisotopic (exact) mass is 596 g/mol. The fraction of sp³-hybridized carbons (Fsp3) is 0.650. The van der Waals surface area contributed by atoms with Gasteiger partial charge in [0.2, 0.25) is 0 Å². The highest BCUT2D eigenvalue weighted by Gasteiger charge is 2.62. The molecule has 6 aliphatic carbocycles. The van der Waals surface area contributed by atoms with Gasteiger partial charge in [0.15, 0.2) is 0 Å². The van der Waals surface area contributed by atoms with Gasteiger partial charge < -0.3 is 20.4 Å². The average Bonchev–Trinajstić information content (AvgIpc) is 3.44. The maximum absolute atomic E-state index is 12.2. The van der Waals surface area contributed by atoms with Gasteiger partial charge in [-0.2, -0.15) is 0 Å². The zero-order chi connectivity index (χ0) is 30.5. The lowest BCUT2D eigenvalue weighted by Gasteiger charge is -2.53. The minimum absolute atomic E-state index is 0.0687. The Morgan fingerprint density at radius 1 is 0.614 bits per heavy atom. The normalized spacial score (nSPS) is 43.9. The number of phenols is 2. The Morgan fingerprint density at radius 2 is 1.05 bits per heavy atom. The molecular weight excluding hydrogens is 544 g/mol. The van der Waals surface area contributed by atoms with Gasteiger partial charge in [0, 0.05) is 0 Å². The SMILES string of the molecule is C[C@]12CCC3c4ccc(O)cc4CCC3C1CC[C@@]2(O)C/C=C/C[C@]1(O)CCC2C3CCc4cc(O)ccc4C3CC[C@@]21C. The van der Waals surface area contributed by atoms with Crippen LogP contribution in [0.1, 0.15) is 125 Å². The molecule has 44 heavy (non-hydrogen) atoms. The van der Waals surface area contributed by atoms with Crippen LogP contribution in [0.5, 0.6) is 11.5 Å². The highest BCUT2D eigenvalue weighted by atomic mass is 16.3. The van der Waals surface area contributed by atoms with E-state index < -0.39 is 11.2 Å². The smallest absolute Gasteiger partial charge is 0.115 e. The zero-order valence-corrected chi connectivity index (χ0v) is 26.8. The third kappa shape index (κ3) is 4.08. The summed E-state index contributed by atoms with van der Waals surface area (Å²) in [5.41, 5.74) is 4.05. The molecule has 2 aromatic rings. The largest absolute Gasteiger partial charge is 0.508 e. The molecule has 4 fully saturated rings. The van der Waals surface area contributed by atoms with Crippen molar-refractivity contribution in [1.29, 1.82) is 0 Å². The summed E-state index contributed by atoms with van der Waals surface area (Å²) in [5, 5.41) is 44.5. The fourth-order valence-corrected chi connectivity index (χ4v) is 12.6. The first-order valence-electron chi connectivity index (χ1n) is 17.8. The van der Waals surface area contributed by atoms with E-state index in [4.69, 9.17) is 0 Å². The van der Waals surface area contributed by atoms with Crippen LogP contribution in [0.25, 0.3) is 0 Å². The predicted molar refractivity (Wildman–Crippen MR) is 174 cm³/mol. The van der Waals surface area contributed by atoms with E-state index in [9.17, 15) is 20.4 Å². The molecule has 4 heteroatoms. The van der Waals surface area contributed by atoms with E-state index in [2.05, 4.69) is 38.1 Å². The summed E-state index contributed by atoms with van der Waals surface area (Å²) in [7, 11) is 0. The van der Waals surface area contributed by atoms with Crippen molar-refractivity contribution in [2.45, 2.75) is 127 Å². The second-order valence-electron chi connectivity index (χ2n) is 16.5. The maximum atomic E-state index is 12.2. The van der Waals surface area contributed by atoms with Gasteiger partial charge in [-0.25, -0.2) is 0 Å². The Bertz CT molecular complexity index is 1370. The van der Waals surface area contributed by atoms with E-state index in [-0.39, 0.29) is 10.8 Å². The average molecular weight is 597 g/mol. The van der Waals surface area contributed by atoms with Crippen molar-refractivity contribution in [3.63, 3.8) is 0 Å². The number of rotatable bonds is 4. The van der Waals surface area contributed by atoms with Crippen molar-refractivity contribution >= 4 is 0 Å². The molecule has 10 atom stereocenters. The van der Waals surface area contributed by atoms with Gasteiger partial charge in [0.05, 0.1) is 11.2 Å². The third-order valence-corrected chi connectivity index (χ3v) is 15.1. The lowest BCUT2D eigenvalue weighted by Crippen LogP contribution is -2.51. The van der Waals surface area contributed by atoms with Crippen LogP contribution in [0.4, 0.5) is 0 Å². The van der Waals surface area contributed by atoms with Crippen molar-refractivity contribution < 1.29 is 20.4 Å². The molecule has 0 amide bonds. The second kappa shape index (κ2) is 10.1. The molecule has 0 aliphatic heterocycles. The summed E-state index contributed by atoms with van der Waals surface area (Å²) < 4.78 is 0. The molecule has 4 N–H and O–H groups in total. The number of aliphatic hydroxyl groups is 2. The summed E-state index contributed by atoms with van der Waals surface area (Å²) in [5.74, 6) is 4.19. The van der Waals surface area contributed by atoms with E-state index in [1.165, 1.54) is 22.3 Å². The van der Waals surface area contributed by atoms with Crippen molar-refractivity contribution in [2.75, 3.05) is 0 Å². The lowest BCUT2D eigenvalue weighted by molar-refractivity contribution is -0.103. The Balaban J connectivity index is 0.946. The Labute approximate surface area is 263 Å². The van der Waals surface area contributed by atoms with Gasteiger partial charge in [-0.3, -0.25) is 0 Å².